The predicted molar refractivity (Wildman–Crippen MR) is 104 cm³/mol. The highest BCUT2D eigenvalue weighted by atomic mass is 32.2. The minimum Gasteiger partial charge on any atom is -0.506 e. The molecule has 2 aromatic rings. The molecule has 0 spiro atoms. The van der Waals surface area contributed by atoms with Crippen LogP contribution in [-0.2, 0) is 10.0 Å². The van der Waals surface area contributed by atoms with Crippen molar-refractivity contribution in [3.05, 3.63) is 53.6 Å². The highest BCUT2D eigenvalue weighted by molar-refractivity contribution is 7.89. The molecule has 1 aliphatic rings. The van der Waals surface area contributed by atoms with Crippen molar-refractivity contribution in [3.8, 4) is 5.75 Å². The van der Waals surface area contributed by atoms with Crippen molar-refractivity contribution >= 4 is 21.6 Å². The molecule has 0 aliphatic carbocycles. The maximum Gasteiger partial charge on any atom is 0.255 e. The number of anilines is 1. The molecule has 0 bridgehead atoms. The van der Waals surface area contributed by atoms with Gasteiger partial charge in [-0.2, -0.15) is 4.31 Å². The molecule has 1 heterocycles. The Morgan fingerprint density at radius 1 is 1.00 bits per heavy atom. The number of nitrogens with one attached hydrogen (secondary N) is 1. The SMILES string of the molecule is Cc1ccc(NC(=O)c2ccc(S(=O)(=O)N3CCCCCC3)cc2)c(O)c1. The number of carbonyl (C=O) groups is 1. The van der Waals surface area contributed by atoms with Crippen molar-refractivity contribution in [3.63, 3.8) is 0 Å². The van der Waals surface area contributed by atoms with Gasteiger partial charge in [0, 0.05) is 18.7 Å². The van der Waals surface area contributed by atoms with Crippen LogP contribution in [0.2, 0.25) is 0 Å². The van der Waals surface area contributed by atoms with E-state index >= 15 is 0 Å². The summed E-state index contributed by atoms with van der Waals surface area (Å²) in [6, 6.07) is 10.9. The van der Waals surface area contributed by atoms with Crippen LogP contribution in [0.4, 0.5) is 5.69 Å². The highest BCUT2D eigenvalue weighted by Crippen LogP contribution is 2.25. The van der Waals surface area contributed by atoms with E-state index in [0.717, 1.165) is 31.2 Å². The monoisotopic (exact) mass is 388 g/mol. The molecule has 1 fully saturated rings. The van der Waals surface area contributed by atoms with Gasteiger partial charge in [-0.25, -0.2) is 8.42 Å². The van der Waals surface area contributed by atoms with Gasteiger partial charge in [-0.15, -0.1) is 0 Å². The summed E-state index contributed by atoms with van der Waals surface area (Å²) >= 11 is 0. The number of benzene rings is 2. The van der Waals surface area contributed by atoms with Gasteiger partial charge in [0.2, 0.25) is 10.0 Å². The fraction of sp³-hybridized carbons (Fsp3) is 0.350. The summed E-state index contributed by atoms with van der Waals surface area (Å²) in [7, 11) is -3.54. The van der Waals surface area contributed by atoms with Gasteiger partial charge in [-0.3, -0.25) is 4.79 Å². The number of aryl methyl sites for hydroxylation is 1. The third-order valence-electron chi connectivity index (χ3n) is 4.72. The lowest BCUT2D eigenvalue weighted by atomic mass is 10.2. The summed E-state index contributed by atoms with van der Waals surface area (Å²) in [6.07, 6.45) is 3.85. The molecule has 1 amide bonds. The Morgan fingerprint density at radius 3 is 2.22 bits per heavy atom. The summed E-state index contributed by atoms with van der Waals surface area (Å²) in [5.74, 6) is -0.420. The minimum absolute atomic E-state index is 0.0105. The largest absolute Gasteiger partial charge is 0.506 e. The molecule has 0 unspecified atom stereocenters. The second-order valence-corrected chi connectivity index (χ2v) is 8.76. The Balaban J connectivity index is 1.75. The fourth-order valence-electron chi connectivity index (χ4n) is 3.15. The first-order valence-electron chi connectivity index (χ1n) is 9.09. The van der Waals surface area contributed by atoms with E-state index in [-0.39, 0.29) is 10.6 Å². The van der Waals surface area contributed by atoms with Crippen LogP contribution in [0, 0.1) is 6.92 Å². The summed E-state index contributed by atoms with van der Waals surface area (Å²) < 4.78 is 27.1. The molecular weight excluding hydrogens is 364 g/mol. The molecule has 0 aromatic heterocycles. The lowest BCUT2D eigenvalue weighted by molar-refractivity contribution is 0.102. The van der Waals surface area contributed by atoms with Gasteiger partial charge in [0.15, 0.2) is 0 Å². The van der Waals surface area contributed by atoms with Crippen molar-refractivity contribution in [2.75, 3.05) is 18.4 Å². The quantitative estimate of drug-likeness (QED) is 0.785. The highest BCUT2D eigenvalue weighted by Gasteiger charge is 2.25. The molecule has 7 heteroatoms. The molecule has 144 valence electrons. The number of aromatic hydroxyl groups is 1. The second kappa shape index (κ2) is 8.10. The van der Waals surface area contributed by atoms with Crippen molar-refractivity contribution in [1.82, 2.24) is 4.31 Å². The van der Waals surface area contributed by atoms with E-state index in [0.29, 0.717) is 24.3 Å². The third-order valence-corrected chi connectivity index (χ3v) is 6.63. The third kappa shape index (κ3) is 4.48. The molecule has 1 saturated heterocycles. The summed E-state index contributed by atoms with van der Waals surface area (Å²) in [6.45, 7) is 2.92. The van der Waals surface area contributed by atoms with E-state index < -0.39 is 15.9 Å². The number of phenols is 1. The van der Waals surface area contributed by atoms with Crippen molar-refractivity contribution < 1.29 is 18.3 Å². The van der Waals surface area contributed by atoms with Gasteiger partial charge in [-0.1, -0.05) is 18.9 Å². The number of rotatable bonds is 4. The molecule has 27 heavy (non-hydrogen) atoms. The summed E-state index contributed by atoms with van der Waals surface area (Å²) in [4.78, 5) is 12.6. The van der Waals surface area contributed by atoms with Crippen LogP contribution in [0.15, 0.2) is 47.4 Å². The number of hydrogen-bond acceptors (Lipinski definition) is 4. The standard InChI is InChI=1S/C20H24N2O4S/c1-15-6-11-18(19(23)14-15)21-20(24)16-7-9-17(10-8-16)27(25,26)22-12-4-2-3-5-13-22/h6-11,14,23H,2-5,12-13H2,1H3,(H,21,24). The van der Waals surface area contributed by atoms with Crippen LogP contribution in [0.25, 0.3) is 0 Å². The molecule has 1 aliphatic heterocycles. The molecule has 3 rings (SSSR count). The van der Waals surface area contributed by atoms with Gasteiger partial charge in [0.25, 0.3) is 5.91 Å². The number of phenolic OH excluding ortho intramolecular Hbond substituents is 1. The molecule has 0 saturated carbocycles. The van der Waals surface area contributed by atoms with Crippen LogP contribution in [0.5, 0.6) is 5.75 Å². The van der Waals surface area contributed by atoms with Gasteiger partial charge in [0.1, 0.15) is 5.75 Å². The number of amides is 1. The number of nitrogens with zero attached hydrogens (tertiary/aromatic N) is 1. The second-order valence-electron chi connectivity index (χ2n) is 6.82. The smallest absolute Gasteiger partial charge is 0.255 e. The van der Waals surface area contributed by atoms with Crippen LogP contribution in [-0.4, -0.2) is 36.8 Å². The van der Waals surface area contributed by atoms with Gasteiger partial charge in [0.05, 0.1) is 10.6 Å². The molecule has 0 radical (unpaired) electrons. The lowest BCUT2D eigenvalue weighted by Crippen LogP contribution is -2.31. The van der Waals surface area contributed by atoms with Crippen molar-refractivity contribution in [2.24, 2.45) is 0 Å². The zero-order chi connectivity index (χ0) is 19.4. The number of sulfonamides is 1. The van der Waals surface area contributed by atoms with E-state index in [1.807, 2.05) is 6.92 Å². The van der Waals surface area contributed by atoms with E-state index in [9.17, 15) is 18.3 Å². The van der Waals surface area contributed by atoms with Crippen LogP contribution in [0.1, 0.15) is 41.6 Å². The average molecular weight is 388 g/mol. The molecule has 0 atom stereocenters. The Kier molecular flexibility index (Phi) is 5.82. The maximum absolute atomic E-state index is 12.8. The normalized spacial score (nSPS) is 15.9. The molecule has 2 N–H and O–H groups in total. The van der Waals surface area contributed by atoms with Crippen molar-refractivity contribution in [1.29, 1.82) is 0 Å². The maximum atomic E-state index is 12.8. The molecule has 6 nitrogen and oxygen atoms in total. The number of hydrogen-bond donors (Lipinski definition) is 2. The Hall–Kier alpha value is -2.38. The van der Waals surface area contributed by atoms with Gasteiger partial charge >= 0.3 is 0 Å². The van der Waals surface area contributed by atoms with Crippen LogP contribution < -0.4 is 5.32 Å². The van der Waals surface area contributed by atoms with E-state index in [1.165, 1.54) is 28.6 Å². The minimum atomic E-state index is -3.54. The van der Waals surface area contributed by atoms with E-state index in [2.05, 4.69) is 5.32 Å². The van der Waals surface area contributed by atoms with Crippen molar-refractivity contribution in [2.45, 2.75) is 37.5 Å². The zero-order valence-electron chi connectivity index (χ0n) is 15.3. The Morgan fingerprint density at radius 2 is 1.63 bits per heavy atom. The fourth-order valence-corrected chi connectivity index (χ4v) is 4.67. The topological polar surface area (TPSA) is 86.7 Å². The average Bonchev–Trinajstić information content (AvgIpc) is 2.94. The summed E-state index contributed by atoms with van der Waals surface area (Å²) in [5.41, 5.74) is 1.52. The molecular formula is C20H24N2O4S. The van der Waals surface area contributed by atoms with E-state index in [1.54, 1.807) is 18.2 Å². The first-order valence-corrected chi connectivity index (χ1v) is 10.5. The van der Waals surface area contributed by atoms with Crippen LogP contribution in [0.3, 0.4) is 0 Å². The first kappa shape index (κ1) is 19.4. The van der Waals surface area contributed by atoms with Gasteiger partial charge in [-0.05, 0) is 61.7 Å². The predicted octanol–water partition coefficient (Wildman–Crippen LogP) is 3.52. The van der Waals surface area contributed by atoms with Gasteiger partial charge < -0.3 is 10.4 Å². The Labute approximate surface area is 159 Å². The zero-order valence-corrected chi connectivity index (χ0v) is 16.1. The summed E-state index contributed by atoms with van der Waals surface area (Å²) in [5, 5.41) is 12.5. The van der Waals surface area contributed by atoms with E-state index in [4.69, 9.17) is 0 Å². The Bertz CT molecular complexity index is 915. The molecule has 2 aromatic carbocycles. The first-order chi connectivity index (χ1) is 12.9. The lowest BCUT2D eigenvalue weighted by Gasteiger charge is -2.20. The van der Waals surface area contributed by atoms with Crippen LogP contribution >= 0.6 is 0 Å². The number of carbonyl (C=O) groups excluding carboxylic acids is 1.